The average molecular weight is 414 g/mol. The standard InChI is InChI=1S/C24H29F2N3O/c25-21-6-8-23(9-7-21)29-12-10-19(16-29)14-27-24(30)20-4-2-11-28(17-20)15-18-3-1-5-22(26)13-18/h1,3,5-9,13,19-20H,2,4,10-12,14-17H2,(H,27,30)/t19-,20+/m1/s1. The van der Waals surface area contributed by atoms with Gasteiger partial charge in [0.1, 0.15) is 11.6 Å². The zero-order valence-corrected chi connectivity index (χ0v) is 17.2. The fourth-order valence-corrected chi connectivity index (χ4v) is 4.58. The lowest BCUT2D eigenvalue weighted by Crippen LogP contribution is -2.44. The molecule has 0 spiro atoms. The Kier molecular flexibility index (Phi) is 6.62. The number of amides is 1. The van der Waals surface area contributed by atoms with Crippen LogP contribution in [0.15, 0.2) is 48.5 Å². The van der Waals surface area contributed by atoms with Crippen molar-refractivity contribution in [1.82, 2.24) is 10.2 Å². The lowest BCUT2D eigenvalue weighted by Gasteiger charge is -2.32. The molecule has 30 heavy (non-hydrogen) atoms. The van der Waals surface area contributed by atoms with Crippen LogP contribution in [-0.2, 0) is 11.3 Å². The van der Waals surface area contributed by atoms with E-state index in [1.54, 1.807) is 12.1 Å². The third-order valence-corrected chi connectivity index (χ3v) is 6.21. The molecule has 2 atom stereocenters. The lowest BCUT2D eigenvalue weighted by atomic mass is 9.96. The molecule has 1 N–H and O–H groups in total. The minimum Gasteiger partial charge on any atom is -0.371 e. The Balaban J connectivity index is 1.23. The zero-order chi connectivity index (χ0) is 20.9. The van der Waals surface area contributed by atoms with Crippen molar-refractivity contribution in [2.75, 3.05) is 37.6 Å². The van der Waals surface area contributed by atoms with Crippen LogP contribution in [0.2, 0.25) is 0 Å². The molecule has 0 radical (unpaired) electrons. The van der Waals surface area contributed by atoms with Gasteiger partial charge < -0.3 is 10.2 Å². The molecule has 2 heterocycles. The van der Waals surface area contributed by atoms with Gasteiger partial charge >= 0.3 is 0 Å². The highest BCUT2D eigenvalue weighted by Gasteiger charge is 2.28. The molecule has 4 nitrogen and oxygen atoms in total. The van der Waals surface area contributed by atoms with Crippen LogP contribution in [-0.4, -0.2) is 43.5 Å². The first-order valence-electron chi connectivity index (χ1n) is 10.8. The van der Waals surface area contributed by atoms with E-state index in [4.69, 9.17) is 0 Å². The van der Waals surface area contributed by atoms with Crippen molar-refractivity contribution in [2.45, 2.75) is 25.8 Å². The Morgan fingerprint density at radius 1 is 1.00 bits per heavy atom. The smallest absolute Gasteiger partial charge is 0.224 e. The Morgan fingerprint density at radius 3 is 2.63 bits per heavy atom. The molecule has 1 amide bonds. The number of piperidine rings is 1. The molecular formula is C24H29F2N3O. The number of anilines is 1. The fraction of sp³-hybridized carbons (Fsp3) is 0.458. The highest BCUT2D eigenvalue weighted by Crippen LogP contribution is 2.24. The molecule has 0 saturated carbocycles. The van der Waals surface area contributed by atoms with E-state index in [9.17, 15) is 13.6 Å². The first-order chi connectivity index (χ1) is 14.6. The summed E-state index contributed by atoms with van der Waals surface area (Å²) in [6, 6.07) is 13.3. The Bertz CT molecular complexity index is 858. The minimum atomic E-state index is -0.222. The summed E-state index contributed by atoms with van der Waals surface area (Å²) in [6.45, 7) is 4.82. The summed E-state index contributed by atoms with van der Waals surface area (Å²) in [4.78, 5) is 17.2. The highest BCUT2D eigenvalue weighted by atomic mass is 19.1. The molecule has 160 valence electrons. The van der Waals surface area contributed by atoms with Crippen LogP contribution in [0.25, 0.3) is 0 Å². The van der Waals surface area contributed by atoms with Gasteiger partial charge in [-0.05, 0) is 73.7 Å². The molecule has 2 saturated heterocycles. The van der Waals surface area contributed by atoms with Crippen LogP contribution in [0.5, 0.6) is 0 Å². The molecular weight excluding hydrogens is 384 g/mol. The minimum absolute atomic E-state index is 0.0121. The SMILES string of the molecule is O=C(NC[C@H]1CCN(c2ccc(F)cc2)C1)[C@H]1CCCN(Cc2cccc(F)c2)C1. The van der Waals surface area contributed by atoms with Gasteiger partial charge in [-0.3, -0.25) is 9.69 Å². The van der Waals surface area contributed by atoms with Gasteiger partial charge in [-0.15, -0.1) is 0 Å². The van der Waals surface area contributed by atoms with E-state index >= 15 is 0 Å². The van der Waals surface area contributed by atoms with Gasteiger partial charge in [0.05, 0.1) is 5.92 Å². The van der Waals surface area contributed by atoms with Crippen LogP contribution in [0.3, 0.4) is 0 Å². The highest BCUT2D eigenvalue weighted by molar-refractivity contribution is 5.79. The number of carbonyl (C=O) groups is 1. The quantitative estimate of drug-likeness (QED) is 0.782. The van der Waals surface area contributed by atoms with E-state index in [2.05, 4.69) is 15.1 Å². The molecule has 0 unspecified atom stereocenters. The van der Waals surface area contributed by atoms with Crippen LogP contribution in [0.1, 0.15) is 24.8 Å². The van der Waals surface area contributed by atoms with Crippen molar-refractivity contribution < 1.29 is 13.6 Å². The Morgan fingerprint density at radius 2 is 1.83 bits per heavy atom. The van der Waals surface area contributed by atoms with Crippen LogP contribution < -0.4 is 10.2 Å². The first-order valence-corrected chi connectivity index (χ1v) is 10.8. The van der Waals surface area contributed by atoms with Gasteiger partial charge in [-0.25, -0.2) is 8.78 Å². The fourth-order valence-electron chi connectivity index (χ4n) is 4.58. The van der Waals surface area contributed by atoms with Gasteiger partial charge in [0, 0.05) is 38.4 Å². The van der Waals surface area contributed by atoms with Crippen LogP contribution in [0.4, 0.5) is 14.5 Å². The van der Waals surface area contributed by atoms with Crippen molar-refractivity contribution in [1.29, 1.82) is 0 Å². The van der Waals surface area contributed by atoms with Gasteiger partial charge in [0.25, 0.3) is 0 Å². The van der Waals surface area contributed by atoms with E-state index in [0.717, 1.165) is 50.1 Å². The summed E-state index contributed by atoms with van der Waals surface area (Å²) in [6.07, 6.45) is 2.90. The number of rotatable bonds is 6. The molecule has 6 heteroatoms. The summed E-state index contributed by atoms with van der Waals surface area (Å²) in [5, 5.41) is 3.16. The summed E-state index contributed by atoms with van der Waals surface area (Å²) in [5.74, 6) is 0.0813. The van der Waals surface area contributed by atoms with Gasteiger partial charge in [0.2, 0.25) is 5.91 Å². The van der Waals surface area contributed by atoms with Crippen molar-refractivity contribution in [3.05, 3.63) is 65.7 Å². The Labute approximate surface area is 176 Å². The third-order valence-electron chi connectivity index (χ3n) is 6.21. The average Bonchev–Trinajstić information content (AvgIpc) is 3.22. The topological polar surface area (TPSA) is 35.6 Å². The normalized spacial score (nSPS) is 22.3. The number of halogens is 2. The number of likely N-dealkylation sites (tertiary alicyclic amines) is 1. The maximum atomic E-state index is 13.4. The maximum absolute atomic E-state index is 13.4. The third kappa shape index (κ3) is 5.36. The van der Waals surface area contributed by atoms with Crippen molar-refractivity contribution in [3.63, 3.8) is 0 Å². The summed E-state index contributed by atoms with van der Waals surface area (Å²) < 4.78 is 26.5. The number of benzene rings is 2. The molecule has 0 aromatic heterocycles. The summed E-state index contributed by atoms with van der Waals surface area (Å²) >= 11 is 0. The number of nitrogens with one attached hydrogen (secondary N) is 1. The second kappa shape index (κ2) is 9.56. The maximum Gasteiger partial charge on any atom is 0.224 e. The monoisotopic (exact) mass is 413 g/mol. The molecule has 2 aliphatic rings. The zero-order valence-electron chi connectivity index (χ0n) is 17.2. The second-order valence-electron chi connectivity index (χ2n) is 8.53. The number of hydrogen-bond donors (Lipinski definition) is 1. The van der Waals surface area contributed by atoms with Crippen molar-refractivity contribution in [3.8, 4) is 0 Å². The largest absolute Gasteiger partial charge is 0.371 e. The van der Waals surface area contributed by atoms with E-state index in [1.165, 1.54) is 18.2 Å². The number of carbonyl (C=O) groups excluding carboxylic acids is 1. The van der Waals surface area contributed by atoms with Gasteiger partial charge in [-0.1, -0.05) is 12.1 Å². The predicted molar refractivity (Wildman–Crippen MR) is 114 cm³/mol. The molecule has 2 aliphatic heterocycles. The number of nitrogens with zero attached hydrogens (tertiary/aromatic N) is 2. The molecule has 0 aliphatic carbocycles. The van der Waals surface area contributed by atoms with Crippen LogP contribution in [0, 0.1) is 23.5 Å². The van der Waals surface area contributed by atoms with Crippen LogP contribution >= 0.6 is 0 Å². The molecule has 4 rings (SSSR count). The van der Waals surface area contributed by atoms with E-state index < -0.39 is 0 Å². The first kappa shape index (κ1) is 20.8. The lowest BCUT2D eigenvalue weighted by molar-refractivity contribution is -0.126. The van der Waals surface area contributed by atoms with Crippen molar-refractivity contribution in [2.24, 2.45) is 11.8 Å². The molecule has 2 aromatic rings. The van der Waals surface area contributed by atoms with E-state index in [-0.39, 0.29) is 23.5 Å². The number of hydrogen-bond acceptors (Lipinski definition) is 3. The molecule has 0 bridgehead atoms. The van der Waals surface area contributed by atoms with E-state index in [0.29, 0.717) is 25.6 Å². The predicted octanol–water partition coefficient (Wildman–Crippen LogP) is 3.82. The van der Waals surface area contributed by atoms with Gasteiger partial charge in [-0.2, -0.15) is 0 Å². The summed E-state index contributed by atoms with van der Waals surface area (Å²) in [7, 11) is 0. The van der Waals surface area contributed by atoms with Gasteiger partial charge in [0.15, 0.2) is 0 Å². The van der Waals surface area contributed by atoms with Crippen molar-refractivity contribution >= 4 is 11.6 Å². The summed E-state index contributed by atoms with van der Waals surface area (Å²) in [5.41, 5.74) is 1.98. The Hall–Kier alpha value is -2.47. The second-order valence-corrected chi connectivity index (χ2v) is 8.53. The van der Waals surface area contributed by atoms with E-state index in [1.807, 2.05) is 18.2 Å². The molecule has 2 fully saturated rings. The molecule has 2 aromatic carbocycles.